The number of halogens is 1. The minimum Gasteiger partial charge on any atom is -0.389 e. The van der Waals surface area contributed by atoms with E-state index in [1.54, 1.807) is 0 Å². The molecule has 8 unspecified atom stereocenters. The molecule has 1 N–H and O–H groups in total. The van der Waals surface area contributed by atoms with E-state index >= 15 is 0 Å². The number of hydrogen-bond donors (Lipinski definition) is 1. The molecule has 2 aliphatic carbocycles. The van der Waals surface area contributed by atoms with E-state index in [-0.39, 0.29) is 34.8 Å². The van der Waals surface area contributed by atoms with Crippen LogP contribution in [0, 0.1) is 30.9 Å². The average molecular weight is 393 g/mol. The van der Waals surface area contributed by atoms with Gasteiger partial charge >= 0.3 is 0 Å². The summed E-state index contributed by atoms with van der Waals surface area (Å²) in [7, 11) is 0. The highest BCUT2D eigenvalue weighted by Gasteiger charge is 2.63. The lowest BCUT2D eigenvalue weighted by Gasteiger charge is -2.55. The first-order valence-electron chi connectivity index (χ1n) is 10.2. The van der Waals surface area contributed by atoms with Crippen LogP contribution in [0.1, 0.15) is 73.1 Å². The van der Waals surface area contributed by atoms with Crippen LogP contribution in [0.4, 0.5) is 0 Å². The molecule has 8 atom stereocenters. The Hall–Kier alpha value is -0.810. The fraction of sp³-hybridized carbons (Fsp3) is 0.909. The maximum absolute atomic E-state index is 10.9. The van der Waals surface area contributed by atoms with Gasteiger partial charge in [-0.15, -0.1) is 11.6 Å². The Morgan fingerprint density at radius 3 is 2.26 bits per heavy atom. The molecule has 3 aliphatic rings. The smallest absolute Gasteiger partial charge is 0.252 e. The van der Waals surface area contributed by atoms with Crippen molar-refractivity contribution in [1.82, 2.24) is 0 Å². The molecule has 0 bridgehead atoms. The fourth-order valence-corrected chi connectivity index (χ4v) is 6.45. The number of rotatable bonds is 2. The Morgan fingerprint density at radius 1 is 1.04 bits per heavy atom. The van der Waals surface area contributed by atoms with Crippen molar-refractivity contribution in [2.75, 3.05) is 0 Å². The van der Waals surface area contributed by atoms with E-state index in [9.17, 15) is 5.11 Å². The second-order valence-electron chi connectivity index (χ2n) is 10.3. The van der Waals surface area contributed by atoms with Crippen LogP contribution in [0.25, 0.3) is 9.69 Å². The van der Waals surface area contributed by atoms with Crippen molar-refractivity contribution in [3.63, 3.8) is 0 Å². The lowest BCUT2D eigenvalue weighted by molar-refractivity contribution is -0.142. The van der Waals surface area contributed by atoms with Gasteiger partial charge in [0.05, 0.1) is 16.6 Å². The molecule has 0 aromatic heterocycles. The number of hydrogen-bond acceptors (Lipinski definition) is 2. The van der Waals surface area contributed by atoms with Gasteiger partial charge in [-0.05, 0) is 57.8 Å². The van der Waals surface area contributed by atoms with Gasteiger partial charge in [0.1, 0.15) is 6.10 Å². The highest BCUT2D eigenvalue weighted by molar-refractivity contribution is 6.21. The van der Waals surface area contributed by atoms with E-state index < -0.39 is 16.7 Å². The van der Waals surface area contributed by atoms with Gasteiger partial charge in [-0.25, -0.2) is 13.1 Å². The van der Waals surface area contributed by atoms with E-state index in [0.29, 0.717) is 6.42 Å². The Bertz CT molecular complexity index is 679. The molecule has 4 nitrogen and oxygen atoms in total. The van der Waals surface area contributed by atoms with Gasteiger partial charge < -0.3 is 19.5 Å². The molecule has 3 rings (SSSR count). The van der Waals surface area contributed by atoms with Crippen LogP contribution in [0.5, 0.6) is 0 Å². The maximum Gasteiger partial charge on any atom is 0.252 e. The van der Waals surface area contributed by atoms with E-state index in [4.69, 9.17) is 29.5 Å². The molecule has 0 aromatic carbocycles. The monoisotopic (exact) mass is 392 g/mol. The molecule has 150 valence electrons. The van der Waals surface area contributed by atoms with Crippen LogP contribution in [-0.4, -0.2) is 38.9 Å². The largest absolute Gasteiger partial charge is 0.389 e. The molecule has 1 heterocycles. The zero-order valence-corrected chi connectivity index (χ0v) is 18.0. The average Bonchev–Trinajstić information content (AvgIpc) is 3.02. The summed E-state index contributed by atoms with van der Waals surface area (Å²) in [5.74, 6) is 0.450. The van der Waals surface area contributed by atoms with E-state index in [1.807, 2.05) is 20.8 Å². The van der Waals surface area contributed by atoms with Crippen molar-refractivity contribution in [1.29, 1.82) is 0 Å². The first-order valence-corrected chi connectivity index (χ1v) is 10.7. The van der Waals surface area contributed by atoms with Gasteiger partial charge in [0.25, 0.3) is 5.54 Å². The SMILES string of the molecule is [C-]#[N+]C(C)(C)C1CCC(C)(C2CCC(C)([N+]#[C-])C3CCC(C)(O)C(Cl)C32)O1. The lowest BCUT2D eigenvalue weighted by Crippen LogP contribution is -2.61. The fourth-order valence-electron chi connectivity index (χ4n) is 5.99. The molecule has 0 spiro atoms. The van der Waals surface area contributed by atoms with Crippen LogP contribution >= 0.6 is 11.6 Å². The Kier molecular flexibility index (Phi) is 5.13. The molecule has 0 radical (unpaired) electrons. The summed E-state index contributed by atoms with van der Waals surface area (Å²) in [6, 6.07) is 0. The third-order valence-corrected chi connectivity index (χ3v) is 8.77. The molecular formula is C22H33ClN2O2. The van der Waals surface area contributed by atoms with Crippen LogP contribution in [0.15, 0.2) is 0 Å². The van der Waals surface area contributed by atoms with Crippen molar-refractivity contribution in [2.24, 2.45) is 17.8 Å². The van der Waals surface area contributed by atoms with Crippen LogP contribution in [-0.2, 0) is 4.74 Å². The number of nitrogens with zero attached hydrogens (tertiary/aromatic N) is 2. The summed E-state index contributed by atoms with van der Waals surface area (Å²) in [6.45, 7) is 25.3. The summed E-state index contributed by atoms with van der Waals surface area (Å²) < 4.78 is 6.58. The number of fused-ring (bicyclic) bond motifs is 1. The van der Waals surface area contributed by atoms with Crippen LogP contribution in [0.3, 0.4) is 0 Å². The van der Waals surface area contributed by atoms with Crippen molar-refractivity contribution < 1.29 is 9.84 Å². The predicted molar refractivity (Wildman–Crippen MR) is 107 cm³/mol. The molecule has 2 saturated carbocycles. The minimum atomic E-state index is -0.911. The molecule has 27 heavy (non-hydrogen) atoms. The minimum absolute atomic E-state index is 0.0584. The van der Waals surface area contributed by atoms with E-state index in [2.05, 4.69) is 23.5 Å². The summed E-state index contributed by atoms with van der Waals surface area (Å²) in [5.41, 5.74) is -2.20. The third-order valence-electron chi connectivity index (χ3n) is 8.01. The Morgan fingerprint density at radius 2 is 1.67 bits per heavy atom. The number of ether oxygens (including phenoxy) is 1. The molecule has 1 aliphatic heterocycles. The highest BCUT2D eigenvalue weighted by Crippen LogP contribution is 2.59. The van der Waals surface area contributed by atoms with Gasteiger partial charge in [0.15, 0.2) is 0 Å². The van der Waals surface area contributed by atoms with Crippen molar-refractivity contribution in [3.05, 3.63) is 22.8 Å². The second-order valence-corrected chi connectivity index (χ2v) is 10.8. The molecule has 5 heteroatoms. The summed E-state index contributed by atoms with van der Waals surface area (Å²) in [4.78, 5) is 7.81. The topological polar surface area (TPSA) is 38.2 Å². The first-order chi connectivity index (χ1) is 12.4. The summed E-state index contributed by atoms with van der Waals surface area (Å²) >= 11 is 6.90. The second kappa shape index (κ2) is 6.62. The van der Waals surface area contributed by atoms with Crippen molar-refractivity contribution in [3.8, 4) is 0 Å². The molecule has 1 saturated heterocycles. The highest BCUT2D eigenvalue weighted by atomic mass is 35.5. The molecule has 0 aromatic rings. The van der Waals surface area contributed by atoms with Crippen molar-refractivity contribution in [2.45, 2.75) is 107 Å². The number of aliphatic hydroxyl groups is 1. The van der Waals surface area contributed by atoms with Crippen LogP contribution in [0.2, 0.25) is 0 Å². The summed E-state index contributed by atoms with van der Waals surface area (Å²) in [6.07, 6.45) is 4.93. The van der Waals surface area contributed by atoms with Crippen LogP contribution < -0.4 is 0 Å². The normalized spacial score (nSPS) is 50.5. The zero-order chi connectivity index (χ0) is 20.3. The van der Waals surface area contributed by atoms with Gasteiger partial charge in [-0.2, -0.15) is 0 Å². The quantitative estimate of drug-likeness (QED) is 0.524. The molecular weight excluding hydrogens is 360 g/mol. The zero-order valence-electron chi connectivity index (χ0n) is 17.3. The standard InChI is InChI=1S/C22H33ClN2O2/c1-19(2,24-6)16-10-13-22(5,27-16)15-8-11-20(3,25-7)14-9-12-21(4,26)18(23)17(14)15/h14-18,26H,8-13H2,1-5H3. The first kappa shape index (κ1) is 20.9. The van der Waals surface area contributed by atoms with Crippen molar-refractivity contribution >= 4 is 11.6 Å². The predicted octanol–water partition coefficient (Wildman–Crippen LogP) is 5.09. The molecule has 0 amide bonds. The third kappa shape index (κ3) is 3.29. The van der Waals surface area contributed by atoms with E-state index in [1.165, 1.54) is 0 Å². The van der Waals surface area contributed by atoms with Gasteiger partial charge in [0, 0.05) is 33.1 Å². The van der Waals surface area contributed by atoms with E-state index in [0.717, 1.165) is 32.1 Å². The van der Waals surface area contributed by atoms with Gasteiger partial charge in [0.2, 0.25) is 5.54 Å². The van der Waals surface area contributed by atoms with Gasteiger partial charge in [-0.3, -0.25) is 0 Å². The maximum atomic E-state index is 10.9. The lowest BCUT2D eigenvalue weighted by atomic mass is 9.53. The Balaban J connectivity index is 1.94. The van der Waals surface area contributed by atoms with Gasteiger partial charge in [-0.1, -0.05) is 0 Å². The Labute approximate surface area is 169 Å². The summed E-state index contributed by atoms with van der Waals surface area (Å²) in [5, 5.41) is 10.5. The molecule has 3 fully saturated rings. The number of alkyl halides is 1.